The van der Waals surface area contributed by atoms with Crippen LogP contribution < -0.4 is 10.2 Å². The molecular weight excluding hydrogens is 360 g/mol. The lowest BCUT2D eigenvalue weighted by molar-refractivity contribution is 0.0931. The first-order valence-electron chi connectivity index (χ1n) is 9.12. The summed E-state index contributed by atoms with van der Waals surface area (Å²) in [6.45, 7) is 1.71. The van der Waals surface area contributed by atoms with Crippen molar-refractivity contribution in [2.75, 3.05) is 18.0 Å². The summed E-state index contributed by atoms with van der Waals surface area (Å²) in [4.78, 5) is 14.7. The fourth-order valence-corrected chi connectivity index (χ4v) is 3.62. The molecule has 0 aliphatic carbocycles. The lowest BCUT2D eigenvalue weighted by Gasteiger charge is -2.32. The molecule has 1 aromatic heterocycles. The van der Waals surface area contributed by atoms with Crippen LogP contribution in [0.4, 0.5) is 5.82 Å². The molecule has 0 radical (unpaired) electrons. The minimum Gasteiger partial charge on any atom is -0.355 e. The highest BCUT2D eigenvalue weighted by atomic mass is 35.5. The van der Waals surface area contributed by atoms with Crippen molar-refractivity contribution in [2.45, 2.75) is 18.9 Å². The van der Waals surface area contributed by atoms with Crippen LogP contribution in [0.2, 0.25) is 5.02 Å². The number of rotatable bonds is 4. The molecule has 5 nitrogen and oxygen atoms in total. The van der Waals surface area contributed by atoms with Gasteiger partial charge in [-0.3, -0.25) is 9.89 Å². The molecule has 27 heavy (non-hydrogen) atoms. The largest absolute Gasteiger partial charge is 0.355 e. The molecule has 1 saturated heterocycles. The van der Waals surface area contributed by atoms with Crippen LogP contribution in [0.1, 0.15) is 23.2 Å². The molecule has 2 heterocycles. The molecule has 2 aromatic carbocycles. The molecule has 2 N–H and O–H groups in total. The first kappa shape index (κ1) is 17.6. The predicted molar refractivity (Wildman–Crippen MR) is 108 cm³/mol. The van der Waals surface area contributed by atoms with Gasteiger partial charge in [-0.15, -0.1) is 0 Å². The van der Waals surface area contributed by atoms with Crippen LogP contribution in [0, 0.1) is 0 Å². The number of aromatic nitrogens is 2. The van der Waals surface area contributed by atoms with Gasteiger partial charge in [-0.25, -0.2) is 0 Å². The maximum atomic E-state index is 12.4. The molecular formula is C21H21ClN4O. The highest BCUT2D eigenvalue weighted by molar-refractivity contribution is 6.33. The number of nitrogens with zero attached hydrogens (tertiary/aromatic N) is 2. The standard InChI is InChI=1S/C21H21ClN4O/c22-18-9-5-4-8-17(18)21(27)23-16-10-12-26(13-11-16)20-14-19(24-25-20)15-6-2-1-3-7-15/h1-9,14,16H,10-13H2,(H,23,27)(H,24,25). The highest BCUT2D eigenvalue weighted by Crippen LogP contribution is 2.24. The van der Waals surface area contributed by atoms with Gasteiger partial charge < -0.3 is 10.2 Å². The molecule has 0 spiro atoms. The van der Waals surface area contributed by atoms with E-state index < -0.39 is 0 Å². The van der Waals surface area contributed by atoms with Crippen molar-refractivity contribution in [3.8, 4) is 11.3 Å². The third-order valence-electron chi connectivity index (χ3n) is 4.92. The van der Waals surface area contributed by atoms with Gasteiger partial charge in [0.25, 0.3) is 5.91 Å². The van der Waals surface area contributed by atoms with Crippen molar-refractivity contribution in [3.05, 3.63) is 71.2 Å². The summed E-state index contributed by atoms with van der Waals surface area (Å²) < 4.78 is 0. The molecule has 0 atom stereocenters. The highest BCUT2D eigenvalue weighted by Gasteiger charge is 2.23. The van der Waals surface area contributed by atoms with Gasteiger partial charge in [-0.1, -0.05) is 54.1 Å². The van der Waals surface area contributed by atoms with E-state index in [0.29, 0.717) is 10.6 Å². The lowest BCUT2D eigenvalue weighted by atomic mass is 10.0. The Morgan fingerprint density at radius 1 is 1.07 bits per heavy atom. The number of carbonyl (C=O) groups is 1. The second-order valence-corrected chi connectivity index (χ2v) is 7.13. The zero-order chi connectivity index (χ0) is 18.6. The normalized spacial score (nSPS) is 14.9. The Morgan fingerprint density at radius 3 is 2.52 bits per heavy atom. The first-order chi connectivity index (χ1) is 13.2. The van der Waals surface area contributed by atoms with Crippen molar-refractivity contribution in [1.82, 2.24) is 15.5 Å². The molecule has 4 rings (SSSR count). The van der Waals surface area contributed by atoms with Crippen LogP contribution >= 0.6 is 11.6 Å². The van der Waals surface area contributed by atoms with E-state index in [0.717, 1.165) is 43.0 Å². The lowest BCUT2D eigenvalue weighted by Crippen LogP contribution is -2.44. The Kier molecular flexibility index (Phi) is 5.12. The van der Waals surface area contributed by atoms with Crippen LogP contribution in [0.3, 0.4) is 0 Å². The topological polar surface area (TPSA) is 61.0 Å². The summed E-state index contributed by atoms with van der Waals surface area (Å²) in [5, 5.41) is 11.2. The van der Waals surface area contributed by atoms with Gasteiger partial charge in [0.05, 0.1) is 16.3 Å². The summed E-state index contributed by atoms with van der Waals surface area (Å²) in [6.07, 6.45) is 1.76. The summed E-state index contributed by atoms with van der Waals surface area (Å²) in [6, 6.07) is 19.5. The van der Waals surface area contributed by atoms with Crippen molar-refractivity contribution < 1.29 is 4.79 Å². The fraction of sp³-hybridized carbons (Fsp3) is 0.238. The zero-order valence-electron chi connectivity index (χ0n) is 14.9. The van der Waals surface area contributed by atoms with E-state index in [9.17, 15) is 4.79 Å². The summed E-state index contributed by atoms with van der Waals surface area (Å²) in [5.74, 6) is 0.843. The van der Waals surface area contributed by atoms with E-state index in [1.54, 1.807) is 12.1 Å². The summed E-state index contributed by atoms with van der Waals surface area (Å²) in [5.41, 5.74) is 2.67. The Morgan fingerprint density at radius 2 is 1.78 bits per heavy atom. The van der Waals surface area contributed by atoms with Gasteiger partial charge in [-0.2, -0.15) is 5.10 Å². The molecule has 6 heteroatoms. The number of anilines is 1. The SMILES string of the molecule is O=C(NC1CCN(c2cc(-c3ccccc3)[nH]n2)CC1)c1ccccc1Cl. The quantitative estimate of drug-likeness (QED) is 0.715. The fourth-order valence-electron chi connectivity index (χ4n) is 3.40. The van der Waals surface area contributed by atoms with Crippen LogP contribution in [-0.2, 0) is 0 Å². The van der Waals surface area contributed by atoms with Crippen molar-refractivity contribution in [2.24, 2.45) is 0 Å². The summed E-state index contributed by atoms with van der Waals surface area (Å²) in [7, 11) is 0. The molecule has 0 saturated carbocycles. The average molecular weight is 381 g/mol. The van der Waals surface area contributed by atoms with Gasteiger partial charge in [0, 0.05) is 25.2 Å². The minimum atomic E-state index is -0.106. The number of benzene rings is 2. The van der Waals surface area contributed by atoms with E-state index in [1.807, 2.05) is 30.3 Å². The molecule has 0 unspecified atom stereocenters. The van der Waals surface area contributed by atoms with Crippen LogP contribution in [-0.4, -0.2) is 35.2 Å². The number of aromatic amines is 1. The maximum absolute atomic E-state index is 12.4. The van der Waals surface area contributed by atoms with Gasteiger partial charge in [-0.05, 0) is 30.5 Å². The molecule has 3 aromatic rings. The molecule has 1 fully saturated rings. The Bertz CT molecular complexity index is 917. The number of carbonyl (C=O) groups excluding carboxylic acids is 1. The Balaban J connectivity index is 1.35. The predicted octanol–water partition coefficient (Wildman–Crippen LogP) is 4.13. The maximum Gasteiger partial charge on any atom is 0.253 e. The van der Waals surface area contributed by atoms with E-state index in [4.69, 9.17) is 11.6 Å². The molecule has 1 aliphatic rings. The smallest absolute Gasteiger partial charge is 0.253 e. The second-order valence-electron chi connectivity index (χ2n) is 6.72. The van der Waals surface area contributed by atoms with E-state index in [2.05, 4.69) is 38.6 Å². The molecule has 0 bridgehead atoms. The number of amides is 1. The second kappa shape index (κ2) is 7.84. The number of hydrogen-bond acceptors (Lipinski definition) is 3. The average Bonchev–Trinajstić information content (AvgIpc) is 3.20. The number of hydrogen-bond donors (Lipinski definition) is 2. The van der Waals surface area contributed by atoms with Gasteiger partial charge in [0.1, 0.15) is 0 Å². The minimum absolute atomic E-state index is 0.106. The van der Waals surface area contributed by atoms with E-state index in [-0.39, 0.29) is 11.9 Å². The van der Waals surface area contributed by atoms with Crippen molar-refractivity contribution >= 4 is 23.3 Å². The van der Waals surface area contributed by atoms with Crippen molar-refractivity contribution in [3.63, 3.8) is 0 Å². The van der Waals surface area contributed by atoms with Crippen LogP contribution in [0.15, 0.2) is 60.7 Å². The number of nitrogens with one attached hydrogen (secondary N) is 2. The van der Waals surface area contributed by atoms with Gasteiger partial charge >= 0.3 is 0 Å². The Labute approximate surface area is 163 Å². The number of H-pyrrole nitrogens is 1. The summed E-state index contributed by atoms with van der Waals surface area (Å²) >= 11 is 6.11. The number of halogens is 1. The third kappa shape index (κ3) is 3.98. The monoisotopic (exact) mass is 380 g/mol. The van der Waals surface area contributed by atoms with Crippen molar-refractivity contribution in [1.29, 1.82) is 0 Å². The van der Waals surface area contributed by atoms with Crippen LogP contribution in [0.25, 0.3) is 11.3 Å². The van der Waals surface area contributed by atoms with Gasteiger partial charge in [0.15, 0.2) is 5.82 Å². The third-order valence-corrected chi connectivity index (χ3v) is 5.25. The number of piperidine rings is 1. The first-order valence-corrected chi connectivity index (χ1v) is 9.49. The molecule has 138 valence electrons. The molecule has 1 amide bonds. The molecule has 1 aliphatic heterocycles. The van der Waals surface area contributed by atoms with E-state index in [1.165, 1.54) is 0 Å². The van der Waals surface area contributed by atoms with Gasteiger partial charge in [0.2, 0.25) is 0 Å². The zero-order valence-corrected chi connectivity index (χ0v) is 15.6. The Hall–Kier alpha value is -2.79. The van der Waals surface area contributed by atoms with E-state index >= 15 is 0 Å². The van der Waals surface area contributed by atoms with Crippen LogP contribution in [0.5, 0.6) is 0 Å².